The van der Waals surface area contributed by atoms with Crippen LogP contribution >= 0.6 is 0 Å². The second-order valence-corrected chi connectivity index (χ2v) is 6.26. The van der Waals surface area contributed by atoms with Crippen molar-refractivity contribution in [2.45, 2.75) is 71.8 Å². The minimum atomic E-state index is -0.457. The van der Waals surface area contributed by atoms with Gasteiger partial charge in [-0.05, 0) is 40.0 Å². The molecule has 22 heavy (non-hydrogen) atoms. The summed E-state index contributed by atoms with van der Waals surface area (Å²) in [7, 11) is 0. The van der Waals surface area contributed by atoms with Crippen molar-refractivity contribution in [2.75, 3.05) is 19.7 Å². The van der Waals surface area contributed by atoms with E-state index in [9.17, 15) is 9.59 Å². The lowest BCUT2D eigenvalue weighted by molar-refractivity contribution is 0.0527. The fraction of sp³-hybridized carbons (Fsp3) is 0.875. The molecule has 0 fully saturated rings. The summed E-state index contributed by atoms with van der Waals surface area (Å²) in [6.07, 6.45) is 5.04. The summed E-state index contributed by atoms with van der Waals surface area (Å²) in [5, 5.41) is 5.45. The zero-order valence-corrected chi connectivity index (χ0v) is 14.5. The van der Waals surface area contributed by atoms with E-state index in [1.54, 1.807) is 0 Å². The molecule has 0 rings (SSSR count). The number of rotatable bonds is 10. The molecule has 0 unspecified atom stereocenters. The van der Waals surface area contributed by atoms with Gasteiger partial charge in [0.05, 0.1) is 6.61 Å². The van der Waals surface area contributed by atoms with E-state index in [1.165, 1.54) is 0 Å². The van der Waals surface area contributed by atoms with Crippen molar-refractivity contribution in [2.24, 2.45) is 0 Å². The Morgan fingerprint density at radius 1 is 0.864 bits per heavy atom. The maximum absolute atomic E-state index is 11.4. The van der Waals surface area contributed by atoms with Crippen molar-refractivity contribution in [1.82, 2.24) is 10.6 Å². The van der Waals surface area contributed by atoms with Crippen LogP contribution in [0, 0.1) is 0 Å². The molecule has 0 aromatic heterocycles. The molecule has 0 aromatic carbocycles. The molecule has 2 N–H and O–H groups in total. The first-order chi connectivity index (χ1) is 10.3. The summed E-state index contributed by atoms with van der Waals surface area (Å²) < 4.78 is 10.1. The number of hydrogen-bond acceptors (Lipinski definition) is 4. The number of alkyl carbamates (subject to hydrolysis) is 2. The van der Waals surface area contributed by atoms with Crippen molar-refractivity contribution in [3.8, 4) is 0 Å². The Balaban J connectivity index is 3.33. The van der Waals surface area contributed by atoms with Crippen LogP contribution in [0.25, 0.3) is 0 Å². The smallest absolute Gasteiger partial charge is 0.407 e. The number of nitrogens with one attached hydrogen (secondary N) is 2. The summed E-state index contributed by atoms with van der Waals surface area (Å²) in [5.74, 6) is 0. The highest BCUT2D eigenvalue weighted by Crippen LogP contribution is 2.06. The van der Waals surface area contributed by atoms with Crippen molar-refractivity contribution >= 4 is 12.2 Å². The summed E-state index contributed by atoms with van der Waals surface area (Å²) in [5.41, 5.74) is -0.457. The zero-order chi connectivity index (χ0) is 16.8. The molecular weight excluding hydrogens is 284 g/mol. The van der Waals surface area contributed by atoms with Crippen molar-refractivity contribution in [1.29, 1.82) is 0 Å². The van der Waals surface area contributed by atoms with Crippen LogP contribution in [0.1, 0.15) is 66.2 Å². The van der Waals surface area contributed by atoms with Crippen LogP contribution in [-0.2, 0) is 9.47 Å². The number of carbonyl (C=O) groups excluding carboxylic acids is 2. The lowest BCUT2D eigenvalue weighted by Crippen LogP contribution is -2.33. The molecule has 130 valence electrons. The third-order valence-electron chi connectivity index (χ3n) is 2.77. The fourth-order valence-electron chi connectivity index (χ4n) is 1.66. The summed E-state index contributed by atoms with van der Waals surface area (Å²) in [6.45, 7) is 9.30. The molecule has 0 aromatic rings. The average Bonchev–Trinajstić information content (AvgIpc) is 2.40. The Kier molecular flexibility index (Phi) is 11.3. The molecule has 0 aliphatic rings. The lowest BCUT2D eigenvalue weighted by atomic mass is 10.2. The lowest BCUT2D eigenvalue weighted by Gasteiger charge is -2.19. The first-order valence-corrected chi connectivity index (χ1v) is 8.22. The van der Waals surface area contributed by atoms with Crippen LogP contribution in [0.15, 0.2) is 0 Å². The molecule has 0 aliphatic heterocycles. The highest BCUT2D eigenvalue weighted by Gasteiger charge is 2.15. The van der Waals surface area contributed by atoms with E-state index in [2.05, 4.69) is 17.6 Å². The van der Waals surface area contributed by atoms with Crippen LogP contribution in [0.4, 0.5) is 9.59 Å². The van der Waals surface area contributed by atoms with E-state index in [0.717, 1.165) is 38.5 Å². The normalized spacial score (nSPS) is 10.9. The molecule has 0 saturated heterocycles. The first-order valence-electron chi connectivity index (χ1n) is 8.22. The Bertz CT molecular complexity index is 314. The second-order valence-electron chi connectivity index (χ2n) is 6.26. The molecule has 0 spiro atoms. The van der Waals surface area contributed by atoms with Crippen LogP contribution < -0.4 is 10.6 Å². The van der Waals surface area contributed by atoms with Crippen molar-refractivity contribution in [3.63, 3.8) is 0 Å². The summed E-state index contributed by atoms with van der Waals surface area (Å²) in [6, 6.07) is 0. The molecular formula is C16H32N2O4. The molecule has 0 radical (unpaired) electrons. The van der Waals surface area contributed by atoms with Crippen LogP contribution in [-0.4, -0.2) is 37.5 Å². The van der Waals surface area contributed by atoms with E-state index in [4.69, 9.17) is 9.47 Å². The Hall–Kier alpha value is -1.46. The van der Waals surface area contributed by atoms with Crippen LogP contribution in [0.3, 0.4) is 0 Å². The molecule has 0 heterocycles. The van der Waals surface area contributed by atoms with Gasteiger partial charge < -0.3 is 20.1 Å². The SMILES string of the molecule is CCCCOC(=O)NCCCCCCNC(=O)OC(C)(C)C. The first kappa shape index (κ1) is 20.5. The largest absolute Gasteiger partial charge is 0.450 e. The van der Waals surface area contributed by atoms with Crippen LogP contribution in [0.5, 0.6) is 0 Å². The van der Waals surface area contributed by atoms with E-state index in [1.807, 2.05) is 20.8 Å². The standard InChI is InChI=1S/C16H32N2O4/c1-5-6-13-21-14(19)17-11-9-7-8-10-12-18-15(20)22-16(2,3)4/h5-13H2,1-4H3,(H,17,19)(H,18,20). The molecule has 0 atom stereocenters. The number of unbranched alkanes of at least 4 members (excludes halogenated alkanes) is 4. The summed E-state index contributed by atoms with van der Waals surface area (Å²) >= 11 is 0. The Morgan fingerprint density at radius 3 is 1.91 bits per heavy atom. The third kappa shape index (κ3) is 14.9. The minimum Gasteiger partial charge on any atom is -0.450 e. The number of ether oxygens (including phenoxy) is 2. The molecule has 0 saturated carbocycles. The van der Waals surface area contributed by atoms with Gasteiger partial charge >= 0.3 is 12.2 Å². The van der Waals surface area contributed by atoms with E-state index in [0.29, 0.717) is 19.7 Å². The van der Waals surface area contributed by atoms with Gasteiger partial charge in [-0.1, -0.05) is 26.2 Å². The highest BCUT2D eigenvalue weighted by molar-refractivity contribution is 5.67. The maximum Gasteiger partial charge on any atom is 0.407 e. The van der Waals surface area contributed by atoms with E-state index >= 15 is 0 Å². The van der Waals surface area contributed by atoms with Gasteiger partial charge in [0, 0.05) is 13.1 Å². The quantitative estimate of drug-likeness (QED) is 0.604. The zero-order valence-electron chi connectivity index (χ0n) is 14.5. The van der Waals surface area contributed by atoms with Gasteiger partial charge in [-0.15, -0.1) is 0 Å². The van der Waals surface area contributed by atoms with Gasteiger partial charge in [0.15, 0.2) is 0 Å². The third-order valence-corrected chi connectivity index (χ3v) is 2.77. The molecule has 6 nitrogen and oxygen atoms in total. The number of hydrogen-bond donors (Lipinski definition) is 2. The average molecular weight is 316 g/mol. The van der Waals surface area contributed by atoms with Gasteiger partial charge in [0.2, 0.25) is 0 Å². The van der Waals surface area contributed by atoms with Gasteiger partial charge in [-0.3, -0.25) is 0 Å². The van der Waals surface area contributed by atoms with Crippen molar-refractivity contribution in [3.05, 3.63) is 0 Å². The topological polar surface area (TPSA) is 76.7 Å². The van der Waals surface area contributed by atoms with E-state index in [-0.39, 0.29) is 12.2 Å². The van der Waals surface area contributed by atoms with Crippen molar-refractivity contribution < 1.29 is 19.1 Å². The fourth-order valence-corrected chi connectivity index (χ4v) is 1.66. The Morgan fingerprint density at radius 2 is 1.41 bits per heavy atom. The molecule has 2 amide bonds. The van der Waals surface area contributed by atoms with Gasteiger partial charge in [-0.25, -0.2) is 9.59 Å². The highest BCUT2D eigenvalue weighted by atomic mass is 16.6. The Labute approximate surface area is 134 Å². The predicted molar refractivity (Wildman–Crippen MR) is 87.0 cm³/mol. The molecule has 6 heteroatoms. The predicted octanol–water partition coefficient (Wildman–Crippen LogP) is 3.60. The van der Waals surface area contributed by atoms with Gasteiger partial charge in [0.1, 0.15) is 5.60 Å². The molecule has 0 bridgehead atoms. The van der Waals surface area contributed by atoms with Gasteiger partial charge in [-0.2, -0.15) is 0 Å². The monoisotopic (exact) mass is 316 g/mol. The minimum absolute atomic E-state index is 0.333. The summed E-state index contributed by atoms with van der Waals surface area (Å²) in [4.78, 5) is 22.6. The second kappa shape index (κ2) is 12.1. The van der Waals surface area contributed by atoms with Crippen LogP contribution in [0.2, 0.25) is 0 Å². The van der Waals surface area contributed by atoms with Gasteiger partial charge in [0.25, 0.3) is 0 Å². The maximum atomic E-state index is 11.4. The number of carbonyl (C=O) groups is 2. The molecule has 0 aliphatic carbocycles. The van der Waals surface area contributed by atoms with E-state index < -0.39 is 5.60 Å². The number of amides is 2.